The number of benzene rings is 2. The van der Waals surface area contributed by atoms with Crippen molar-refractivity contribution in [1.29, 1.82) is 0 Å². The molecule has 4 rings (SSSR count). The normalized spacial score (nSPS) is 10.4. The first-order valence-corrected chi connectivity index (χ1v) is 10.3. The van der Waals surface area contributed by atoms with Crippen molar-refractivity contribution in [3.63, 3.8) is 0 Å². The zero-order valence-electron chi connectivity index (χ0n) is 18.2. The largest absolute Gasteiger partial charge is 0.457 e. The molecule has 2 aromatic carbocycles. The number of pyridine rings is 2. The van der Waals surface area contributed by atoms with Gasteiger partial charge in [0, 0.05) is 31.2 Å². The van der Waals surface area contributed by atoms with E-state index in [-0.39, 0.29) is 17.5 Å². The molecule has 2 aromatic heterocycles. The Bertz CT molecular complexity index is 1300. The molecule has 0 bridgehead atoms. The summed E-state index contributed by atoms with van der Waals surface area (Å²) in [6.45, 7) is 2.03. The van der Waals surface area contributed by atoms with E-state index in [4.69, 9.17) is 4.74 Å². The maximum absolute atomic E-state index is 12.7. The quantitative estimate of drug-likeness (QED) is 0.449. The lowest BCUT2D eigenvalue weighted by atomic mass is 10.0. The van der Waals surface area contributed by atoms with E-state index in [1.807, 2.05) is 31.2 Å². The number of amides is 2. The highest BCUT2D eigenvalue weighted by Gasteiger charge is 2.11. The number of rotatable bonds is 6. The van der Waals surface area contributed by atoms with E-state index < -0.39 is 0 Å². The Balaban J connectivity index is 1.44. The number of hydrogen-bond acceptors (Lipinski definition) is 5. The molecule has 0 aliphatic heterocycles. The second-order valence-corrected chi connectivity index (χ2v) is 7.34. The van der Waals surface area contributed by atoms with Gasteiger partial charge in [-0.05, 0) is 60.5 Å². The topological polar surface area (TPSA) is 93.2 Å². The Morgan fingerprint density at radius 3 is 2.18 bits per heavy atom. The molecule has 2 heterocycles. The molecular weight excluding hydrogens is 416 g/mol. The standard InChI is InChI=1S/C26H22N4O3/c1-17-4-3-5-18(14-17)19-10-12-28-23(15-19)26(32)30-20-6-8-21(9-7-20)33-22-11-13-29-24(16-22)25(31)27-2/h3-16H,1-2H3,(H,27,31)(H,30,32). The number of aryl methyl sites for hydroxylation is 1. The first kappa shape index (κ1) is 21.7. The van der Waals surface area contributed by atoms with Gasteiger partial charge in [0.15, 0.2) is 0 Å². The van der Waals surface area contributed by atoms with Crippen molar-refractivity contribution in [3.05, 3.63) is 102 Å². The van der Waals surface area contributed by atoms with Crippen molar-refractivity contribution < 1.29 is 14.3 Å². The van der Waals surface area contributed by atoms with Gasteiger partial charge in [0.1, 0.15) is 22.9 Å². The summed E-state index contributed by atoms with van der Waals surface area (Å²) in [5, 5.41) is 5.38. The van der Waals surface area contributed by atoms with Crippen LogP contribution in [0.3, 0.4) is 0 Å². The Morgan fingerprint density at radius 2 is 1.45 bits per heavy atom. The van der Waals surface area contributed by atoms with Gasteiger partial charge in [-0.1, -0.05) is 29.8 Å². The van der Waals surface area contributed by atoms with E-state index in [1.165, 1.54) is 6.20 Å². The van der Waals surface area contributed by atoms with Crippen LogP contribution in [-0.2, 0) is 0 Å². The summed E-state index contributed by atoms with van der Waals surface area (Å²) in [5.41, 5.74) is 4.30. The minimum atomic E-state index is -0.303. The highest BCUT2D eigenvalue weighted by Crippen LogP contribution is 2.24. The lowest BCUT2D eigenvalue weighted by Crippen LogP contribution is -2.18. The molecule has 7 nitrogen and oxygen atoms in total. The third-order valence-electron chi connectivity index (χ3n) is 4.88. The van der Waals surface area contributed by atoms with E-state index in [1.54, 1.807) is 55.7 Å². The maximum atomic E-state index is 12.7. The number of carbonyl (C=O) groups is 2. The summed E-state index contributed by atoms with van der Waals surface area (Å²) in [6, 6.07) is 21.9. The summed E-state index contributed by atoms with van der Waals surface area (Å²) in [5.74, 6) is 0.445. The first-order chi connectivity index (χ1) is 16.0. The van der Waals surface area contributed by atoms with Gasteiger partial charge in [-0.15, -0.1) is 0 Å². The van der Waals surface area contributed by atoms with Crippen LogP contribution in [0.2, 0.25) is 0 Å². The molecule has 4 aromatic rings. The summed E-state index contributed by atoms with van der Waals surface area (Å²) < 4.78 is 5.79. The molecule has 2 amide bonds. The van der Waals surface area contributed by atoms with Crippen molar-refractivity contribution in [3.8, 4) is 22.6 Å². The summed E-state index contributed by atoms with van der Waals surface area (Å²) in [6.07, 6.45) is 3.14. The van der Waals surface area contributed by atoms with Crippen molar-refractivity contribution >= 4 is 17.5 Å². The fourth-order valence-electron chi connectivity index (χ4n) is 3.22. The SMILES string of the molecule is CNC(=O)c1cc(Oc2ccc(NC(=O)c3cc(-c4cccc(C)c4)ccn3)cc2)ccn1. The second kappa shape index (κ2) is 9.74. The summed E-state index contributed by atoms with van der Waals surface area (Å²) in [7, 11) is 1.54. The Kier molecular flexibility index (Phi) is 6.40. The molecule has 164 valence electrons. The first-order valence-electron chi connectivity index (χ1n) is 10.3. The third-order valence-corrected chi connectivity index (χ3v) is 4.88. The molecule has 0 unspecified atom stereocenters. The Morgan fingerprint density at radius 1 is 0.758 bits per heavy atom. The number of nitrogens with one attached hydrogen (secondary N) is 2. The van der Waals surface area contributed by atoms with E-state index in [0.29, 0.717) is 22.9 Å². The van der Waals surface area contributed by atoms with Gasteiger partial charge >= 0.3 is 0 Å². The number of hydrogen-bond donors (Lipinski definition) is 2. The Labute approximate surface area is 191 Å². The van der Waals surface area contributed by atoms with Crippen LogP contribution in [0.15, 0.2) is 85.2 Å². The van der Waals surface area contributed by atoms with Crippen LogP contribution in [0.25, 0.3) is 11.1 Å². The van der Waals surface area contributed by atoms with Crippen LogP contribution in [0.4, 0.5) is 5.69 Å². The van der Waals surface area contributed by atoms with Gasteiger partial charge in [0.25, 0.3) is 11.8 Å². The van der Waals surface area contributed by atoms with E-state index >= 15 is 0 Å². The summed E-state index contributed by atoms with van der Waals surface area (Å²) in [4.78, 5) is 32.7. The number of carbonyl (C=O) groups excluding carboxylic acids is 2. The van der Waals surface area contributed by atoms with Gasteiger partial charge < -0.3 is 15.4 Å². The highest BCUT2D eigenvalue weighted by molar-refractivity contribution is 6.03. The van der Waals surface area contributed by atoms with Crippen molar-refractivity contribution in [2.45, 2.75) is 6.92 Å². The lowest BCUT2D eigenvalue weighted by Gasteiger charge is -2.09. The lowest BCUT2D eigenvalue weighted by molar-refractivity contribution is 0.0957. The summed E-state index contributed by atoms with van der Waals surface area (Å²) >= 11 is 0. The molecule has 0 atom stereocenters. The average molecular weight is 438 g/mol. The molecule has 33 heavy (non-hydrogen) atoms. The van der Waals surface area contributed by atoms with E-state index in [0.717, 1.165) is 16.7 Å². The van der Waals surface area contributed by atoms with Crippen LogP contribution in [0.1, 0.15) is 26.5 Å². The molecule has 2 N–H and O–H groups in total. The number of ether oxygens (including phenoxy) is 1. The van der Waals surface area contributed by atoms with Crippen LogP contribution < -0.4 is 15.4 Å². The maximum Gasteiger partial charge on any atom is 0.274 e. The molecule has 0 aliphatic rings. The van der Waals surface area contributed by atoms with Crippen molar-refractivity contribution in [1.82, 2.24) is 15.3 Å². The zero-order valence-corrected chi connectivity index (χ0v) is 18.2. The van der Waals surface area contributed by atoms with E-state index in [9.17, 15) is 9.59 Å². The van der Waals surface area contributed by atoms with E-state index in [2.05, 4.69) is 26.7 Å². The molecular formula is C26H22N4O3. The Hall–Kier alpha value is -4.52. The highest BCUT2D eigenvalue weighted by atomic mass is 16.5. The fourth-order valence-corrected chi connectivity index (χ4v) is 3.22. The van der Waals surface area contributed by atoms with Crippen molar-refractivity contribution in [2.24, 2.45) is 0 Å². The molecule has 0 spiro atoms. The van der Waals surface area contributed by atoms with Gasteiger partial charge in [-0.2, -0.15) is 0 Å². The molecule has 0 fully saturated rings. The molecule has 0 saturated heterocycles. The smallest absolute Gasteiger partial charge is 0.274 e. The third kappa shape index (κ3) is 5.40. The fraction of sp³-hybridized carbons (Fsp3) is 0.0769. The number of aromatic nitrogens is 2. The minimum Gasteiger partial charge on any atom is -0.457 e. The van der Waals surface area contributed by atoms with Crippen LogP contribution >= 0.6 is 0 Å². The van der Waals surface area contributed by atoms with Crippen LogP contribution in [-0.4, -0.2) is 28.8 Å². The molecule has 0 saturated carbocycles. The molecule has 0 aliphatic carbocycles. The zero-order chi connectivity index (χ0) is 23.2. The van der Waals surface area contributed by atoms with Gasteiger partial charge in [0.2, 0.25) is 0 Å². The molecule has 0 radical (unpaired) electrons. The van der Waals surface area contributed by atoms with Gasteiger partial charge in [0.05, 0.1) is 0 Å². The van der Waals surface area contributed by atoms with Crippen LogP contribution in [0.5, 0.6) is 11.5 Å². The van der Waals surface area contributed by atoms with Crippen molar-refractivity contribution in [2.75, 3.05) is 12.4 Å². The monoisotopic (exact) mass is 438 g/mol. The van der Waals surface area contributed by atoms with Gasteiger partial charge in [-0.3, -0.25) is 19.6 Å². The average Bonchev–Trinajstić information content (AvgIpc) is 2.85. The number of nitrogens with zero attached hydrogens (tertiary/aromatic N) is 2. The number of anilines is 1. The molecule has 7 heteroatoms. The predicted molar refractivity (Wildman–Crippen MR) is 127 cm³/mol. The predicted octanol–water partition coefficient (Wildman–Crippen LogP) is 4.86. The van der Waals surface area contributed by atoms with Crippen LogP contribution in [0, 0.1) is 6.92 Å². The minimum absolute atomic E-state index is 0.263. The van der Waals surface area contributed by atoms with Gasteiger partial charge in [-0.25, -0.2) is 0 Å². The second-order valence-electron chi connectivity index (χ2n) is 7.34.